The Morgan fingerprint density at radius 1 is 1.04 bits per heavy atom. The van der Waals surface area contributed by atoms with E-state index < -0.39 is 5.60 Å². The van der Waals surface area contributed by atoms with E-state index in [9.17, 15) is 14.6 Å². The summed E-state index contributed by atoms with van der Waals surface area (Å²) >= 11 is 0. The van der Waals surface area contributed by atoms with Crippen molar-refractivity contribution in [2.75, 3.05) is 20.6 Å². The monoisotopic (exact) mass is 384 g/mol. The molecule has 5 heteroatoms. The molecule has 1 atom stereocenters. The molecular weight excluding hydrogens is 355 g/mol. The number of rotatable bonds is 10. The van der Waals surface area contributed by atoms with Gasteiger partial charge in [0.05, 0.1) is 18.2 Å². The first-order valence-electron chi connectivity index (χ1n) is 9.68. The Bertz CT molecular complexity index is 799. The second-order valence-corrected chi connectivity index (χ2v) is 7.48. The molecule has 4 nitrogen and oxygen atoms in total. The minimum atomic E-state index is -1.35. The maximum absolute atomic E-state index is 13.4. The number of halogens is 1. The lowest BCUT2D eigenvalue weighted by Crippen LogP contribution is -2.29. The molecule has 0 spiro atoms. The highest BCUT2D eigenvalue weighted by Gasteiger charge is 2.33. The van der Waals surface area contributed by atoms with Crippen molar-refractivity contribution in [3.05, 3.63) is 70.5 Å². The van der Waals surface area contributed by atoms with Gasteiger partial charge >= 0.3 is 0 Å². The van der Waals surface area contributed by atoms with Gasteiger partial charge in [-0.2, -0.15) is 5.26 Å². The maximum Gasteiger partial charge on any atom is 0.123 e. The van der Waals surface area contributed by atoms with Gasteiger partial charge < -0.3 is 15.1 Å². The zero-order valence-electron chi connectivity index (χ0n) is 16.7. The number of unbranched alkanes of at least 4 members (excludes halogenated alkanes) is 3. The zero-order chi connectivity index (χ0) is 20.6. The first-order chi connectivity index (χ1) is 13.4. The zero-order valence-corrected chi connectivity index (χ0v) is 16.7. The molecule has 0 saturated heterocycles. The third-order valence-corrected chi connectivity index (χ3v) is 5.07. The quantitative estimate of drug-likeness (QED) is 0.609. The topological polar surface area (TPSA) is 67.5 Å². The van der Waals surface area contributed by atoms with Gasteiger partial charge in [0.2, 0.25) is 0 Å². The number of hydrogen-bond acceptors (Lipinski definition) is 4. The van der Waals surface area contributed by atoms with Crippen LogP contribution < -0.4 is 0 Å². The Morgan fingerprint density at radius 2 is 1.71 bits per heavy atom. The highest BCUT2D eigenvalue weighted by atomic mass is 19.1. The Kier molecular flexibility index (Phi) is 8.13. The fraction of sp³-hybridized carbons (Fsp3) is 0.435. The largest absolute Gasteiger partial charge is 0.392 e. The number of nitriles is 1. The molecule has 0 aliphatic rings. The van der Waals surface area contributed by atoms with Crippen molar-refractivity contribution >= 4 is 0 Å². The van der Waals surface area contributed by atoms with Crippen LogP contribution in [-0.2, 0) is 12.2 Å². The maximum atomic E-state index is 13.4. The molecule has 150 valence electrons. The highest BCUT2D eigenvalue weighted by molar-refractivity contribution is 5.45. The second-order valence-electron chi connectivity index (χ2n) is 7.48. The lowest BCUT2D eigenvalue weighted by Gasteiger charge is -2.31. The molecule has 0 unspecified atom stereocenters. The van der Waals surface area contributed by atoms with Crippen molar-refractivity contribution in [3.63, 3.8) is 0 Å². The summed E-state index contributed by atoms with van der Waals surface area (Å²) in [4.78, 5) is 2.15. The van der Waals surface area contributed by atoms with Crippen molar-refractivity contribution in [2.24, 2.45) is 0 Å². The van der Waals surface area contributed by atoms with E-state index in [4.69, 9.17) is 5.26 Å². The van der Waals surface area contributed by atoms with Gasteiger partial charge in [0.1, 0.15) is 11.4 Å². The Morgan fingerprint density at radius 3 is 2.32 bits per heavy atom. The first kappa shape index (κ1) is 22.0. The van der Waals surface area contributed by atoms with Gasteiger partial charge in [-0.3, -0.25) is 0 Å². The van der Waals surface area contributed by atoms with Gasteiger partial charge in [0.15, 0.2) is 0 Å². The van der Waals surface area contributed by atoms with Crippen LogP contribution in [-0.4, -0.2) is 35.8 Å². The number of hydrogen-bond donors (Lipinski definition) is 2. The average Bonchev–Trinajstić information content (AvgIpc) is 2.70. The average molecular weight is 384 g/mol. The Labute approximate surface area is 166 Å². The van der Waals surface area contributed by atoms with Crippen molar-refractivity contribution in [2.45, 2.75) is 44.3 Å². The van der Waals surface area contributed by atoms with Gasteiger partial charge in [-0.05, 0) is 80.9 Å². The molecule has 0 aliphatic carbocycles. The molecule has 0 bridgehead atoms. The fourth-order valence-electron chi connectivity index (χ4n) is 3.52. The summed E-state index contributed by atoms with van der Waals surface area (Å²) < 4.78 is 13.4. The van der Waals surface area contributed by atoms with E-state index in [-0.39, 0.29) is 12.4 Å². The fourth-order valence-corrected chi connectivity index (χ4v) is 3.52. The first-order valence-corrected chi connectivity index (χ1v) is 9.68. The number of benzene rings is 2. The van der Waals surface area contributed by atoms with E-state index in [2.05, 4.69) is 25.1 Å². The molecule has 28 heavy (non-hydrogen) atoms. The highest BCUT2D eigenvalue weighted by Crippen LogP contribution is 2.37. The van der Waals surface area contributed by atoms with Crippen molar-refractivity contribution in [3.8, 4) is 6.07 Å². The predicted molar refractivity (Wildman–Crippen MR) is 108 cm³/mol. The van der Waals surface area contributed by atoms with Gasteiger partial charge in [0, 0.05) is 0 Å². The third-order valence-electron chi connectivity index (χ3n) is 5.07. The van der Waals surface area contributed by atoms with E-state index >= 15 is 0 Å². The van der Waals surface area contributed by atoms with Crippen LogP contribution in [0.3, 0.4) is 0 Å². The summed E-state index contributed by atoms with van der Waals surface area (Å²) in [6, 6.07) is 12.8. The van der Waals surface area contributed by atoms with Gasteiger partial charge in [-0.15, -0.1) is 0 Å². The molecule has 0 amide bonds. The van der Waals surface area contributed by atoms with Crippen molar-refractivity contribution < 1.29 is 14.6 Å². The lowest BCUT2D eigenvalue weighted by molar-refractivity contribution is 0.0653. The van der Waals surface area contributed by atoms with Gasteiger partial charge in [-0.25, -0.2) is 4.39 Å². The van der Waals surface area contributed by atoms with Crippen LogP contribution in [0.4, 0.5) is 4.39 Å². The number of aliphatic hydroxyl groups excluding tert-OH is 1. The van der Waals surface area contributed by atoms with E-state index in [0.717, 1.165) is 32.2 Å². The molecular formula is C23H29FN2O2. The molecule has 2 aromatic carbocycles. The predicted octanol–water partition coefficient (Wildman–Crippen LogP) is 3.94. The molecule has 0 heterocycles. The van der Waals surface area contributed by atoms with Crippen LogP contribution in [0.5, 0.6) is 0 Å². The minimum Gasteiger partial charge on any atom is -0.392 e. The summed E-state index contributed by atoms with van der Waals surface area (Å²) in [5, 5.41) is 30.6. The molecule has 0 fully saturated rings. The summed E-state index contributed by atoms with van der Waals surface area (Å²) in [7, 11) is 4.10. The van der Waals surface area contributed by atoms with E-state index in [1.54, 1.807) is 30.3 Å². The summed E-state index contributed by atoms with van der Waals surface area (Å²) in [6.07, 6.45) is 4.40. The lowest BCUT2D eigenvalue weighted by atomic mass is 9.79. The van der Waals surface area contributed by atoms with E-state index in [1.165, 1.54) is 12.1 Å². The van der Waals surface area contributed by atoms with Gasteiger partial charge in [0.25, 0.3) is 0 Å². The van der Waals surface area contributed by atoms with Crippen LogP contribution in [0.1, 0.15) is 54.4 Å². The van der Waals surface area contributed by atoms with Crippen LogP contribution in [0.15, 0.2) is 42.5 Å². The summed E-state index contributed by atoms with van der Waals surface area (Å²) in [5.74, 6) is -0.364. The SMILES string of the molecule is CN(C)CCCCCC[C@@](O)(c1ccc(F)cc1)c1ccc(C#N)cc1CO. The Balaban J connectivity index is 2.27. The van der Waals surface area contributed by atoms with Crippen LogP contribution >= 0.6 is 0 Å². The van der Waals surface area contributed by atoms with Gasteiger partial charge in [-0.1, -0.05) is 31.0 Å². The second kappa shape index (κ2) is 10.3. The molecule has 2 rings (SSSR count). The summed E-state index contributed by atoms with van der Waals surface area (Å²) in [6.45, 7) is 0.754. The van der Waals surface area contributed by atoms with Crippen LogP contribution in [0.25, 0.3) is 0 Å². The molecule has 0 aromatic heterocycles. The van der Waals surface area contributed by atoms with Crippen LogP contribution in [0.2, 0.25) is 0 Å². The Hall–Kier alpha value is -2.26. The molecule has 0 aliphatic heterocycles. The minimum absolute atomic E-state index is 0.281. The molecule has 0 saturated carbocycles. The molecule has 2 N–H and O–H groups in total. The third kappa shape index (κ3) is 5.62. The standard InChI is InChI=1S/C23H29FN2O2/c1-26(2)14-6-4-3-5-13-23(28,20-8-10-21(24)11-9-20)22-12-7-18(16-25)15-19(22)17-27/h7-12,15,27-28H,3-6,13-14,17H2,1-2H3/t23-/m1/s1. The smallest absolute Gasteiger partial charge is 0.123 e. The van der Waals surface area contributed by atoms with E-state index in [1.807, 2.05) is 0 Å². The van der Waals surface area contributed by atoms with Crippen molar-refractivity contribution in [1.29, 1.82) is 5.26 Å². The summed E-state index contributed by atoms with van der Waals surface area (Å²) in [5.41, 5.74) is 0.744. The molecule has 2 aromatic rings. The van der Waals surface area contributed by atoms with E-state index in [0.29, 0.717) is 28.7 Å². The normalized spacial score (nSPS) is 13.3. The number of aliphatic hydroxyl groups is 2. The van der Waals surface area contributed by atoms with Crippen molar-refractivity contribution in [1.82, 2.24) is 4.90 Å². The molecule has 0 radical (unpaired) electrons. The van der Waals surface area contributed by atoms with Crippen LogP contribution in [0, 0.1) is 17.1 Å². The number of nitrogens with zero attached hydrogens (tertiary/aromatic N) is 2.